The maximum atomic E-state index is 4.61. The lowest BCUT2D eigenvalue weighted by molar-refractivity contribution is -0.677. The summed E-state index contributed by atoms with van der Waals surface area (Å²) in [7, 11) is 0. The highest BCUT2D eigenvalue weighted by Crippen LogP contribution is 2.18. The van der Waals surface area contributed by atoms with Gasteiger partial charge >= 0.3 is 0 Å². The Balaban J connectivity index is 2.05. The maximum Gasteiger partial charge on any atom is 0.165 e. The molecule has 0 unspecified atom stereocenters. The number of fused-ring (bicyclic) bond motifs is 1. The van der Waals surface area contributed by atoms with Crippen LogP contribution in [0, 0.1) is 0 Å². The molecule has 3 nitrogen and oxygen atoms in total. The molecule has 0 aliphatic carbocycles. The van der Waals surface area contributed by atoms with Crippen molar-refractivity contribution >= 4 is 11.0 Å². The molecule has 2 aromatic rings. The van der Waals surface area contributed by atoms with E-state index in [1.165, 1.54) is 19.4 Å². The van der Waals surface area contributed by atoms with Crippen LogP contribution in [-0.2, 0) is 0 Å². The molecule has 0 amide bonds. The largest absolute Gasteiger partial charge is 0.338 e. The number of nitrogens with two attached hydrogens (primary N) is 1. The van der Waals surface area contributed by atoms with Gasteiger partial charge in [-0.05, 0) is 12.1 Å². The van der Waals surface area contributed by atoms with Crippen LogP contribution >= 0.6 is 0 Å². The molecule has 0 spiro atoms. The molecule has 1 saturated heterocycles. The van der Waals surface area contributed by atoms with Crippen molar-refractivity contribution in [3.8, 4) is 0 Å². The molecule has 3 rings (SSSR count). The van der Waals surface area contributed by atoms with E-state index in [1.807, 2.05) is 12.1 Å². The number of nitrogens with one attached hydrogen (secondary N) is 1. The smallest absolute Gasteiger partial charge is 0.165 e. The van der Waals surface area contributed by atoms with Crippen LogP contribution in [-0.4, -0.2) is 16.5 Å². The molecule has 1 fully saturated rings. The van der Waals surface area contributed by atoms with Crippen LogP contribution in [0.1, 0.15) is 24.7 Å². The Kier molecular flexibility index (Phi) is 1.77. The average Bonchev–Trinajstić information content (AvgIpc) is 2.86. The zero-order valence-electron chi connectivity index (χ0n) is 8.03. The SMILES string of the molecule is c1ccc2[nH]c([C@@H]3CCC[NH2+]3)nc2c1. The highest BCUT2D eigenvalue weighted by atomic mass is 15.0. The Bertz CT molecular complexity index is 407. The first-order valence-electron chi connectivity index (χ1n) is 5.21. The van der Waals surface area contributed by atoms with Gasteiger partial charge in [-0.1, -0.05) is 12.1 Å². The van der Waals surface area contributed by atoms with Crippen molar-refractivity contribution in [2.45, 2.75) is 18.9 Å². The number of quaternary nitrogens is 1. The fourth-order valence-electron chi connectivity index (χ4n) is 2.17. The molecule has 1 aliphatic heterocycles. The van der Waals surface area contributed by atoms with Gasteiger partial charge in [0.05, 0.1) is 17.6 Å². The number of imidazole rings is 1. The molecule has 0 saturated carbocycles. The van der Waals surface area contributed by atoms with Crippen LogP contribution in [0.15, 0.2) is 24.3 Å². The van der Waals surface area contributed by atoms with Crippen molar-refractivity contribution < 1.29 is 5.32 Å². The van der Waals surface area contributed by atoms with Crippen molar-refractivity contribution in [2.24, 2.45) is 0 Å². The molecule has 0 bridgehead atoms. The zero-order chi connectivity index (χ0) is 9.38. The van der Waals surface area contributed by atoms with Crippen LogP contribution < -0.4 is 5.32 Å². The second kappa shape index (κ2) is 3.10. The Morgan fingerprint density at radius 1 is 1.36 bits per heavy atom. The maximum absolute atomic E-state index is 4.61. The van der Waals surface area contributed by atoms with Crippen LogP contribution in [0.2, 0.25) is 0 Å². The third kappa shape index (κ3) is 1.21. The normalized spacial score (nSPS) is 21.9. The highest BCUT2D eigenvalue weighted by molar-refractivity contribution is 5.74. The van der Waals surface area contributed by atoms with E-state index in [2.05, 4.69) is 27.4 Å². The average molecular weight is 188 g/mol. The molecule has 3 heteroatoms. The van der Waals surface area contributed by atoms with Crippen LogP contribution in [0.4, 0.5) is 0 Å². The Morgan fingerprint density at radius 3 is 3.07 bits per heavy atom. The minimum atomic E-state index is 0.558. The van der Waals surface area contributed by atoms with Gasteiger partial charge in [-0.25, -0.2) is 4.98 Å². The number of hydrogen-bond acceptors (Lipinski definition) is 1. The van der Waals surface area contributed by atoms with Gasteiger partial charge in [0, 0.05) is 12.8 Å². The predicted molar refractivity (Wildman–Crippen MR) is 54.9 cm³/mol. The van der Waals surface area contributed by atoms with Gasteiger partial charge in [0.25, 0.3) is 0 Å². The van der Waals surface area contributed by atoms with E-state index in [9.17, 15) is 0 Å². The second-order valence-electron chi connectivity index (χ2n) is 3.91. The number of benzene rings is 1. The van der Waals surface area contributed by atoms with Gasteiger partial charge in [-0.15, -0.1) is 0 Å². The quantitative estimate of drug-likeness (QED) is 0.688. The predicted octanol–water partition coefficient (Wildman–Crippen LogP) is 0.961. The van der Waals surface area contributed by atoms with E-state index in [0.717, 1.165) is 16.9 Å². The van der Waals surface area contributed by atoms with E-state index < -0.39 is 0 Å². The number of aromatic amines is 1. The lowest BCUT2D eigenvalue weighted by Gasteiger charge is -2.00. The monoisotopic (exact) mass is 188 g/mol. The summed E-state index contributed by atoms with van der Waals surface area (Å²) in [6, 6.07) is 8.78. The summed E-state index contributed by atoms with van der Waals surface area (Å²) in [6.07, 6.45) is 2.56. The molecule has 14 heavy (non-hydrogen) atoms. The van der Waals surface area contributed by atoms with Gasteiger partial charge in [0.2, 0.25) is 0 Å². The number of hydrogen-bond donors (Lipinski definition) is 2. The molecule has 1 aromatic carbocycles. The molecular weight excluding hydrogens is 174 g/mol. The van der Waals surface area contributed by atoms with Crippen molar-refractivity contribution in [3.63, 3.8) is 0 Å². The van der Waals surface area contributed by atoms with E-state index in [4.69, 9.17) is 0 Å². The lowest BCUT2D eigenvalue weighted by Crippen LogP contribution is -2.82. The summed E-state index contributed by atoms with van der Waals surface area (Å²) >= 11 is 0. The van der Waals surface area contributed by atoms with Gasteiger partial charge in [0.15, 0.2) is 5.82 Å². The number of H-pyrrole nitrogens is 1. The molecule has 0 radical (unpaired) electrons. The zero-order valence-corrected chi connectivity index (χ0v) is 8.03. The third-order valence-electron chi connectivity index (χ3n) is 2.93. The van der Waals surface area contributed by atoms with Crippen molar-refractivity contribution in [3.05, 3.63) is 30.1 Å². The minimum Gasteiger partial charge on any atom is -0.338 e. The minimum absolute atomic E-state index is 0.558. The summed E-state index contributed by atoms with van der Waals surface area (Å²) in [5, 5.41) is 2.37. The number of aromatic nitrogens is 2. The van der Waals surface area contributed by atoms with Crippen molar-refractivity contribution in [1.82, 2.24) is 9.97 Å². The van der Waals surface area contributed by atoms with E-state index in [0.29, 0.717) is 6.04 Å². The Morgan fingerprint density at radius 2 is 2.29 bits per heavy atom. The molecule has 1 aromatic heterocycles. The fourth-order valence-corrected chi connectivity index (χ4v) is 2.17. The molecule has 72 valence electrons. The van der Waals surface area contributed by atoms with E-state index >= 15 is 0 Å². The van der Waals surface area contributed by atoms with Gasteiger partial charge < -0.3 is 10.3 Å². The molecule has 2 heterocycles. The summed E-state index contributed by atoms with van der Waals surface area (Å²) < 4.78 is 0. The lowest BCUT2D eigenvalue weighted by atomic mass is 10.2. The van der Waals surface area contributed by atoms with Crippen molar-refractivity contribution in [1.29, 1.82) is 0 Å². The third-order valence-corrected chi connectivity index (χ3v) is 2.93. The first-order chi connectivity index (χ1) is 6.93. The molecule has 1 aliphatic rings. The van der Waals surface area contributed by atoms with Gasteiger partial charge in [-0.3, -0.25) is 0 Å². The van der Waals surface area contributed by atoms with Gasteiger partial charge in [0.1, 0.15) is 6.04 Å². The number of para-hydroxylation sites is 2. The standard InChI is InChI=1S/C11H13N3/c1-2-5-9-8(4-1)13-11(14-9)10-6-3-7-12-10/h1-2,4-5,10,12H,3,6-7H2,(H,13,14)/p+1/t10-/m0/s1. The Labute approximate surface area is 82.5 Å². The first kappa shape index (κ1) is 8.00. The first-order valence-corrected chi connectivity index (χ1v) is 5.21. The van der Waals surface area contributed by atoms with E-state index in [-0.39, 0.29) is 0 Å². The molecule has 3 N–H and O–H groups in total. The van der Waals surface area contributed by atoms with Crippen LogP contribution in [0.5, 0.6) is 0 Å². The topological polar surface area (TPSA) is 45.3 Å². The van der Waals surface area contributed by atoms with Crippen LogP contribution in [0.3, 0.4) is 0 Å². The molecule has 1 atom stereocenters. The highest BCUT2D eigenvalue weighted by Gasteiger charge is 2.23. The second-order valence-corrected chi connectivity index (χ2v) is 3.91. The Hall–Kier alpha value is -1.35. The summed E-state index contributed by atoms with van der Waals surface area (Å²) in [5.41, 5.74) is 2.24. The molecular formula is C11H14N3+. The number of rotatable bonds is 1. The number of nitrogens with zero attached hydrogens (tertiary/aromatic N) is 1. The van der Waals surface area contributed by atoms with Crippen molar-refractivity contribution in [2.75, 3.05) is 6.54 Å². The summed E-state index contributed by atoms with van der Waals surface area (Å²) in [6.45, 7) is 1.24. The summed E-state index contributed by atoms with van der Waals surface area (Å²) in [5.74, 6) is 1.14. The summed E-state index contributed by atoms with van der Waals surface area (Å²) in [4.78, 5) is 8.00. The van der Waals surface area contributed by atoms with Crippen LogP contribution in [0.25, 0.3) is 11.0 Å². The fraction of sp³-hybridized carbons (Fsp3) is 0.364. The van der Waals surface area contributed by atoms with Gasteiger partial charge in [-0.2, -0.15) is 0 Å². The van der Waals surface area contributed by atoms with E-state index in [1.54, 1.807) is 0 Å².